The van der Waals surface area contributed by atoms with Gasteiger partial charge in [-0.3, -0.25) is 14.5 Å². The lowest BCUT2D eigenvalue weighted by molar-refractivity contribution is -0.118. The fraction of sp³-hybridized carbons (Fsp3) is 0.417. The molecule has 1 amide bonds. The Kier molecular flexibility index (Phi) is 22.3. The van der Waals surface area contributed by atoms with Gasteiger partial charge in [0.2, 0.25) is 15.9 Å². The summed E-state index contributed by atoms with van der Waals surface area (Å²) in [7, 11) is -3.49. The number of aryl methyl sites for hydroxylation is 3. The maximum atomic E-state index is 14.0. The second-order valence-corrected chi connectivity index (χ2v) is 27.8. The largest absolute Gasteiger partial charge is 0.486 e. The minimum absolute atomic E-state index is 0.00750. The minimum atomic E-state index is -3.49. The topological polar surface area (TPSA) is 388 Å². The number of ketones is 1. The molecule has 4 aliphatic rings. The van der Waals surface area contributed by atoms with Crippen molar-refractivity contribution in [3.63, 3.8) is 0 Å². The molecule has 10 N–H and O–H groups in total. The Balaban J connectivity index is 0.000000145. The van der Waals surface area contributed by atoms with E-state index in [0.29, 0.717) is 192 Å². The number of fused-ring (bicyclic) bond motifs is 6. The van der Waals surface area contributed by atoms with Gasteiger partial charge in [-0.05, 0) is 153 Å². The molecule has 0 spiro atoms. The molecule has 1 fully saturated rings. The third-order valence-electron chi connectivity index (χ3n) is 15.8. The first-order valence-electron chi connectivity index (χ1n) is 30.4. The van der Waals surface area contributed by atoms with Crippen molar-refractivity contribution in [2.45, 2.75) is 96.7 Å². The van der Waals surface area contributed by atoms with Crippen molar-refractivity contribution in [1.29, 1.82) is 0 Å². The van der Waals surface area contributed by atoms with Crippen molar-refractivity contribution in [3.8, 4) is 34.5 Å². The number of benzene rings is 3. The maximum absolute atomic E-state index is 14.0. The van der Waals surface area contributed by atoms with Crippen molar-refractivity contribution in [2.75, 3.05) is 82.2 Å². The van der Waals surface area contributed by atoms with Crippen LogP contribution in [0.1, 0.15) is 92.0 Å². The Labute approximate surface area is 582 Å². The Morgan fingerprint density at radius 2 is 0.832 bits per heavy atom. The number of rotatable bonds is 22. The Hall–Kier alpha value is -7.50. The summed E-state index contributed by atoms with van der Waals surface area (Å²) in [5, 5.41) is 5.06. The van der Waals surface area contributed by atoms with Crippen molar-refractivity contribution < 1.29 is 59.6 Å². The smallest absolute Gasteiger partial charge is 0.312 e. The number of sulfonamides is 1. The molecule has 9 aromatic rings. The van der Waals surface area contributed by atoms with Gasteiger partial charge in [-0.25, -0.2) is 28.5 Å². The maximum Gasteiger partial charge on any atom is 0.312 e. The van der Waals surface area contributed by atoms with Crippen LogP contribution >= 0.6 is 67.8 Å². The van der Waals surface area contributed by atoms with Crippen LogP contribution in [0, 0.1) is 28.9 Å². The SMILES string of the molecule is NC(=O)CCCCCn1c(Cc2cc3c(cc2I)OCCO3)nc2c(N)nc(F)nc21.Nc1nc(F)nc2c1nc(Cc1cc3c(cc1I)OCCO3)n2CCCCCS(N)(=O)=O.Nc1nc(F)nc2c1nc(Cc1cc3c(cc1I)OCCO3)n2CCCN1CCC(=O)C1. The van der Waals surface area contributed by atoms with E-state index in [1.54, 1.807) is 4.57 Å². The molecule has 4 aliphatic heterocycles. The summed E-state index contributed by atoms with van der Waals surface area (Å²) in [4.78, 5) is 61.2. The lowest BCUT2D eigenvalue weighted by atomic mass is 10.1. The van der Waals surface area contributed by atoms with Crippen LogP contribution in [-0.4, -0.2) is 149 Å². The van der Waals surface area contributed by atoms with Crippen LogP contribution < -0.4 is 56.5 Å². The van der Waals surface area contributed by atoms with E-state index in [2.05, 4.69) is 118 Å². The lowest BCUT2D eigenvalue weighted by Crippen LogP contribution is -2.23. The molecule has 35 heteroatoms. The van der Waals surface area contributed by atoms with Gasteiger partial charge in [0.1, 0.15) is 62.9 Å². The molecule has 6 aromatic heterocycles. The highest BCUT2D eigenvalue weighted by atomic mass is 127. The molecule has 0 radical (unpaired) electrons. The number of nitrogen functional groups attached to an aromatic ring is 3. The molecule has 1 saturated heterocycles. The number of hydrogen-bond acceptors (Lipinski definition) is 23. The normalized spacial score (nSPS) is 14.3. The minimum Gasteiger partial charge on any atom is -0.486 e. The number of imidazole rings is 3. The van der Waals surface area contributed by atoms with Crippen LogP contribution in [0.15, 0.2) is 36.4 Å². The van der Waals surface area contributed by atoms with E-state index in [9.17, 15) is 31.2 Å². The first-order chi connectivity index (χ1) is 45.6. The molecular weight excluding hydrogens is 1600 g/mol. The van der Waals surface area contributed by atoms with Gasteiger partial charge in [0.05, 0.1) is 12.3 Å². The molecule has 13 rings (SSSR count). The van der Waals surface area contributed by atoms with Crippen molar-refractivity contribution in [1.82, 2.24) is 63.5 Å². The molecule has 28 nitrogen and oxygen atoms in total. The number of carbonyl (C=O) groups is 2. The second-order valence-electron chi connectivity index (χ2n) is 22.6. The molecule has 0 aliphatic carbocycles. The lowest BCUT2D eigenvalue weighted by Gasteiger charge is -2.20. The van der Waals surface area contributed by atoms with E-state index in [1.165, 1.54) is 0 Å². The van der Waals surface area contributed by atoms with E-state index in [4.69, 9.17) is 56.5 Å². The number of halogens is 6. The molecule has 0 unspecified atom stereocenters. The first kappa shape index (κ1) is 68.9. The number of aromatic nitrogens is 12. The summed E-state index contributed by atoms with van der Waals surface area (Å²) in [6.07, 6.45) is 4.40. The third kappa shape index (κ3) is 17.2. The predicted octanol–water partition coefficient (Wildman–Crippen LogP) is 6.71. The van der Waals surface area contributed by atoms with Crippen LogP contribution in [0.5, 0.6) is 34.5 Å². The number of primary sulfonamides is 1. The van der Waals surface area contributed by atoms with E-state index >= 15 is 0 Å². The number of unbranched alkanes of at least 4 members (excludes halogenated alkanes) is 4. The van der Waals surface area contributed by atoms with Gasteiger partial charge in [0.15, 0.2) is 85.4 Å². The highest BCUT2D eigenvalue weighted by Gasteiger charge is 2.26. The van der Waals surface area contributed by atoms with Crippen molar-refractivity contribution in [3.05, 3.63) is 99.5 Å². The van der Waals surface area contributed by atoms with Gasteiger partial charge in [0, 0.05) is 75.5 Å². The average molecular weight is 1670 g/mol. The second kappa shape index (κ2) is 30.7. The molecule has 3 aromatic carbocycles. The zero-order chi connectivity index (χ0) is 67.1. The number of Topliss-reactive ketones (excluding diaryl/α,β-unsaturated/α-hetero) is 1. The number of nitrogens with zero attached hydrogens (tertiary/aromatic N) is 13. The number of hydrogen-bond donors (Lipinski definition) is 5. The Morgan fingerprint density at radius 3 is 1.17 bits per heavy atom. The van der Waals surface area contributed by atoms with Crippen LogP contribution in [-0.2, 0) is 58.5 Å². The summed E-state index contributed by atoms with van der Waals surface area (Å²) in [6, 6.07) is 11.6. The molecule has 0 atom stereocenters. The highest BCUT2D eigenvalue weighted by Crippen LogP contribution is 2.38. The zero-order valence-electron chi connectivity index (χ0n) is 51.1. The van der Waals surface area contributed by atoms with E-state index in [-0.39, 0.29) is 34.9 Å². The number of nitrogens with two attached hydrogens (primary N) is 5. The fourth-order valence-corrected chi connectivity index (χ4v) is 13.8. The standard InChI is InChI=1S/C21H22FIN6O3.C20H22FIN6O3.C19H22FIN6O4S/c22-21-26-19(24)18-20(27-21)29(4-1-3-28-5-2-13(30)11-28)17(25-18)9-12-8-15-16(10-14(12)23)32-7-6-31-15;21-20-26-18(24)17-19(27-20)28(5-3-1-2-4-15(23)29)16(25-17)9-11-8-13-14(10-12(11)22)31-7-6-30-13;20-19-25-17(22)16-18(26-19)27(4-2-1-3-7-32(23,28)29)15(24-16)9-11-8-13-14(10-12(11)21)31-6-5-30-13/h8,10H,1-7,9,11H2,(H2,24,26,27);8,10H,1-7,9H2,(H2,23,29)(H2,24,26,27);8,10H,1-7,9H2,(H2,22,25,26)(H2,23,28,29). The summed E-state index contributed by atoms with van der Waals surface area (Å²) in [5.41, 5.74) is 28.1. The van der Waals surface area contributed by atoms with E-state index < -0.39 is 28.3 Å². The molecule has 0 bridgehead atoms. The Morgan fingerprint density at radius 1 is 0.484 bits per heavy atom. The first-order valence-corrected chi connectivity index (χ1v) is 35.4. The summed E-state index contributed by atoms with van der Waals surface area (Å²) in [5.74, 6) is 6.17. The van der Waals surface area contributed by atoms with Gasteiger partial charge in [-0.15, -0.1) is 0 Å². The van der Waals surface area contributed by atoms with Crippen LogP contribution in [0.2, 0.25) is 0 Å². The monoisotopic (exact) mass is 1670 g/mol. The number of primary amides is 1. The van der Waals surface area contributed by atoms with E-state index in [1.807, 2.05) is 45.5 Å². The van der Waals surface area contributed by atoms with Crippen LogP contribution in [0.25, 0.3) is 33.5 Å². The highest BCUT2D eigenvalue weighted by molar-refractivity contribution is 14.1. The number of likely N-dealkylation sites (tertiary alicyclic amines) is 1. The molecule has 10 heterocycles. The average Bonchev–Trinajstić information content (AvgIpc) is 1.67. The zero-order valence-corrected chi connectivity index (χ0v) is 58.4. The summed E-state index contributed by atoms with van der Waals surface area (Å²) >= 11 is 6.75. The summed E-state index contributed by atoms with van der Waals surface area (Å²) < 4.78 is 107. The van der Waals surface area contributed by atoms with Crippen molar-refractivity contribution >= 4 is 140 Å². The number of amides is 1. The van der Waals surface area contributed by atoms with E-state index in [0.717, 1.165) is 77.1 Å². The van der Waals surface area contributed by atoms with Crippen molar-refractivity contribution in [2.24, 2.45) is 10.9 Å². The number of carbonyl (C=O) groups excluding carboxylic acids is 2. The third-order valence-corrected chi connectivity index (χ3v) is 19.6. The number of anilines is 3. The molecule has 95 heavy (non-hydrogen) atoms. The van der Waals surface area contributed by atoms with Crippen LogP contribution in [0.3, 0.4) is 0 Å². The van der Waals surface area contributed by atoms with Crippen LogP contribution in [0.4, 0.5) is 30.6 Å². The molecular formula is C60H66F3I3N18O10S. The van der Waals surface area contributed by atoms with Gasteiger partial charge in [-0.1, -0.05) is 12.8 Å². The van der Waals surface area contributed by atoms with Gasteiger partial charge in [0.25, 0.3) is 0 Å². The van der Waals surface area contributed by atoms with Gasteiger partial charge < -0.3 is 65.1 Å². The number of ether oxygens (including phenoxy) is 6. The van der Waals surface area contributed by atoms with Gasteiger partial charge in [-0.2, -0.15) is 43.1 Å². The predicted molar refractivity (Wildman–Crippen MR) is 368 cm³/mol. The molecule has 504 valence electrons. The summed E-state index contributed by atoms with van der Waals surface area (Å²) in [6.45, 7) is 6.72. The molecule has 0 saturated carbocycles. The van der Waals surface area contributed by atoms with Gasteiger partial charge >= 0.3 is 18.2 Å². The Bertz CT molecular complexity index is 4490. The quantitative estimate of drug-likeness (QED) is 0.0267. The fourth-order valence-electron chi connectivity index (χ4n) is 11.3.